The molecule has 0 spiro atoms. The van der Waals surface area contributed by atoms with Crippen LogP contribution in [-0.4, -0.2) is 29.4 Å². The Bertz CT molecular complexity index is 1210. The van der Waals surface area contributed by atoms with Crippen LogP contribution in [0.5, 0.6) is 0 Å². The standard InChI is InChI=1S/C28H32N2O2/c1-20-10-12-24(26(18-20)29-15-6-3-7-16-29)28(27-13-11-21(2)32-27)30-19-22(14-17-31)23-8-4-5-9-25(23)30/h4-5,8-13,18-19,28,31H,3,6-7,14-17H2,1-2H3. The molecule has 0 aliphatic carbocycles. The van der Waals surface area contributed by atoms with Crippen LogP contribution in [0.15, 0.2) is 65.2 Å². The third-order valence-electron chi connectivity index (χ3n) is 6.69. The Labute approximate surface area is 190 Å². The highest BCUT2D eigenvalue weighted by Gasteiger charge is 2.27. The summed E-state index contributed by atoms with van der Waals surface area (Å²) >= 11 is 0. The lowest BCUT2D eigenvalue weighted by atomic mass is 9.97. The van der Waals surface area contributed by atoms with Crippen molar-refractivity contribution in [2.75, 3.05) is 24.6 Å². The van der Waals surface area contributed by atoms with Crippen molar-refractivity contribution in [3.63, 3.8) is 0 Å². The molecule has 2 aromatic heterocycles. The van der Waals surface area contributed by atoms with Gasteiger partial charge in [-0.2, -0.15) is 0 Å². The van der Waals surface area contributed by atoms with Crippen LogP contribution in [0.4, 0.5) is 5.69 Å². The number of aromatic nitrogens is 1. The highest BCUT2D eigenvalue weighted by molar-refractivity contribution is 5.84. The van der Waals surface area contributed by atoms with E-state index in [1.165, 1.54) is 52.5 Å². The molecule has 1 saturated heterocycles. The molecule has 0 saturated carbocycles. The summed E-state index contributed by atoms with van der Waals surface area (Å²) in [6.45, 7) is 6.52. The summed E-state index contributed by atoms with van der Waals surface area (Å²) in [5.74, 6) is 1.87. The summed E-state index contributed by atoms with van der Waals surface area (Å²) in [6.07, 6.45) is 6.65. The number of rotatable bonds is 6. The molecular formula is C28H32N2O2. The fraction of sp³-hybridized carbons (Fsp3) is 0.357. The number of anilines is 1. The third kappa shape index (κ3) is 3.84. The minimum Gasteiger partial charge on any atom is -0.464 e. The van der Waals surface area contributed by atoms with Gasteiger partial charge in [-0.3, -0.25) is 0 Å². The monoisotopic (exact) mass is 428 g/mol. The number of furan rings is 1. The highest BCUT2D eigenvalue weighted by Crippen LogP contribution is 2.39. The largest absolute Gasteiger partial charge is 0.464 e. The number of para-hydroxylation sites is 1. The second kappa shape index (κ2) is 8.87. The number of nitrogens with zero attached hydrogens (tertiary/aromatic N) is 2. The van der Waals surface area contributed by atoms with E-state index in [9.17, 15) is 5.11 Å². The van der Waals surface area contributed by atoms with Gasteiger partial charge in [0.15, 0.2) is 0 Å². The van der Waals surface area contributed by atoms with Gasteiger partial charge in [-0.1, -0.05) is 30.3 Å². The van der Waals surface area contributed by atoms with Crippen molar-refractivity contribution in [1.82, 2.24) is 4.57 Å². The third-order valence-corrected chi connectivity index (χ3v) is 6.69. The van der Waals surface area contributed by atoms with Gasteiger partial charge >= 0.3 is 0 Å². The number of benzene rings is 2. The van der Waals surface area contributed by atoms with Gasteiger partial charge in [0.1, 0.15) is 17.6 Å². The zero-order valence-electron chi connectivity index (χ0n) is 19.1. The Kier molecular flexibility index (Phi) is 5.79. The van der Waals surface area contributed by atoms with E-state index in [0.29, 0.717) is 6.42 Å². The van der Waals surface area contributed by atoms with Crippen molar-refractivity contribution in [3.8, 4) is 0 Å². The van der Waals surface area contributed by atoms with Gasteiger partial charge in [0.25, 0.3) is 0 Å². The van der Waals surface area contributed by atoms with Crippen molar-refractivity contribution in [2.45, 2.75) is 45.6 Å². The van der Waals surface area contributed by atoms with E-state index in [2.05, 4.69) is 77.2 Å². The van der Waals surface area contributed by atoms with Gasteiger partial charge in [0.05, 0.1) is 0 Å². The SMILES string of the molecule is Cc1ccc(C(c2ccc(C)o2)n2cc(CCO)c3ccccc32)c(N2CCCCC2)c1. The van der Waals surface area contributed by atoms with E-state index in [4.69, 9.17) is 4.42 Å². The molecule has 1 aliphatic rings. The van der Waals surface area contributed by atoms with E-state index in [1.807, 2.05) is 6.92 Å². The number of aliphatic hydroxyl groups excluding tert-OH is 1. The molecular weight excluding hydrogens is 396 g/mol. The van der Waals surface area contributed by atoms with Crippen LogP contribution in [0, 0.1) is 13.8 Å². The zero-order chi connectivity index (χ0) is 22.1. The molecule has 0 radical (unpaired) electrons. The zero-order valence-corrected chi connectivity index (χ0v) is 19.1. The molecule has 1 unspecified atom stereocenters. The van der Waals surface area contributed by atoms with E-state index in [-0.39, 0.29) is 12.6 Å². The van der Waals surface area contributed by atoms with Crippen molar-refractivity contribution in [3.05, 3.63) is 89.0 Å². The van der Waals surface area contributed by atoms with Crippen LogP contribution in [0.1, 0.15) is 53.5 Å². The quantitative estimate of drug-likeness (QED) is 0.409. The Morgan fingerprint density at radius 3 is 2.53 bits per heavy atom. The van der Waals surface area contributed by atoms with E-state index in [1.54, 1.807) is 0 Å². The summed E-state index contributed by atoms with van der Waals surface area (Å²) in [5, 5.41) is 10.9. The second-order valence-electron chi connectivity index (χ2n) is 9.01. The molecule has 32 heavy (non-hydrogen) atoms. The summed E-state index contributed by atoms with van der Waals surface area (Å²) in [5.41, 5.74) is 6.19. The summed E-state index contributed by atoms with van der Waals surface area (Å²) in [7, 11) is 0. The van der Waals surface area contributed by atoms with Crippen LogP contribution in [0.25, 0.3) is 10.9 Å². The summed E-state index contributed by atoms with van der Waals surface area (Å²) < 4.78 is 8.60. The topological polar surface area (TPSA) is 41.5 Å². The average Bonchev–Trinajstić information content (AvgIpc) is 3.40. The first kappa shape index (κ1) is 20.9. The van der Waals surface area contributed by atoms with Crippen LogP contribution >= 0.6 is 0 Å². The number of aliphatic hydroxyl groups is 1. The number of piperidine rings is 1. The van der Waals surface area contributed by atoms with Crippen molar-refractivity contribution in [2.24, 2.45) is 0 Å². The van der Waals surface area contributed by atoms with Gasteiger partial charge < -0.3 is 19.0 Å². The minimum absolute atomic E-state index is 0.0708. The van der Waals surface area contributed by atoms with E-state index < -0.39 is 0 Å². The molecule has 0 bridgehead atoms. The molecule has 4 nitrogen and oxygen atoms in total. The van der Waals surface area contributed by atoms with E-state index >= 15 is 0 Å². The summed E-state index contributed by atoms with van der Waals surface area (Å²) in [6, 6.07) is 19.4. The highest BCUT2D eigenvalue weighted by atomic mass is 16.3. The van der Waals surface area contributed by atoms with Gasteiger partial charge in [0.2, 0.25) is 0 Å². The van der Waals surface area contributed by atoms with Gasteiger partial charge in [-0.05, 0) is 74.9 Å². The number of hydrogen-bond donors (Lipinski definition) is 1. The molecule has 1 fully saturated rings. The number of fused-ring (bicyclic) bond motifs is 1. The Balaban J connectivity index is 1.74. The lowest BCUT2D eigenvalue weighted by Gasteiger charge is -2.33. The molecule has 4 heteroatoms. The van der Waals surface area contributed by atoms with Gasteiger partial charge in [-0.25, -0.2) is 0 Å². The van der Waals surface area contributed by atoms with Crippen LogP contribution in [0.3, 0.4) is 0 Å². The molecule has 3 heterocycles. The fourth-order valence-electron chi connectivity index (χ4n) is 5.14. The van der Waals surface area contributed by atoms with Crippen LogP contribution in [0.2, 0.25) is 0 Å². The Hall–Kier alpha value is -2.98. The molecule has 1 atom stereocenters. The normalized spacial score (nSPS) is 15.4. The van der Waals surface area contributed by atoms with Crippen LogP contribution < -0.4 is 4.90 Å². The lowest BCUT2D eigenvalue weighted by molar-refractivity contribution is 0.300. The number of aryl methyl sites for hydroxylation is 2. The minimum atomic E-state index is -0.0708. The maximum absolute atomic E-state index is 9.67. The first-order valence-corrected chi connectivity index (χ1v) is 11.8. The first-order valence-electron chi connectivity index (χ1n) is 11.8. The van der Waals surface area contributed by atoms with Crippen LogP contribution in [-0.2, 0) is 6.42 Å². The van der Waals surface area contributed by atoms with Crippen molar-refractivity contribution in [1.29, 1.82) is 0 Å². The van der Waals surface area contributed by atoms with Crippen molar-refractivity contribution >= 4 is 16.6 Å². The molecule has 0 amide bonds. The number of hydrogen-bond acceptors (Lipinski definition) is 3. The average molecular weight is 429 g/mol. The molecule has 5 rings (SSSR count). The fourth-order valence-corrected chi connectivity index (χ4v) is 5.14. The molecule has 2 aromatic carbocycles. The predicted octanol–water partition coefficient (Wildman–Crippen LogP) is 6.01. The Morgan fingerprint density at radius 1 is 0.969 bits per heavy atom. The molecule has 4 aromatic rings. The first-order chi connectivity index (χ1) is 15.7. The van der Waals surface area contributed by atoms with Gasteiger partial charge in [-0.15, -0.1) is 0 Å². The Morgan fingerprint density at radius 2 is 1.78 bits per heavy atom. The molecule has 166 valence electrons. The summed E-state index contributed by atoms with van der Waals surface area (Å²) in [4.78, 5) is 2.55. The van der Waals surface area contributed by atoms with Crippen molar-refractivity contribution < 1.29 is 9.52 Å². The van der Waals surface area contributed by atoms with Gasteiger partial charge in [0, 0.05) is 48.0 Å². The second-order valence-corrected chi connectivity index (χ2v) is 9.01. The van der Waals surface area contributed by atoms with E-state index in [0.717, 1.165) is 24.6 Å². The smallest absolute Gasteiger partial charge is 0.131 e. The maximum Gasteiger partial charge on any atom is 0.131 e. The predicted molar refractivity (Wildman–Crippen MR) is 131 cm³/mol. The maximum atomic E-state index is 9.67. The lowest BCUT2D eigenvalue weighted by Crippen LogP contribution is -2.31. The molecule has 1 N–H and O–H groups in total. The molecule has 1 aliphatic heterocycles.